The second kappa shape index (κ2) is 5.57. The molecule has 0 aliphatic rings. The molecule has 0 unspecified atom stereocenters. The molecular weight excluding hydrogens is 308 g/mol. The number of hydrogen-bond donors (Lipinski definition) is 1. The zero-order valence-electron chi connectivity index (χ0n) is 11.0. The van der Waals surface area contributed by atoms with E-state index in [2.05, 4.69) is 25.9 Å². The van der Waals surface area contributed by atoms with Crippen molar-refractivity contribution < 1.29 is 9.53 Å². The lowest BCUT2D eigenvalue weighted by Gasteiger charge is -2.05. The number of carbonyl (C=O) groups excluding carboxylic acids is 1. The highest BCUT2D eigenvalue weighted by Gasteiger charge is 2.18. The Kier molecular flexibility index (Phi) is 4.04. The second-order valence-corrected chi connectivity index (χ2v) is 5.44. The van der Waals surface area contributed by atoms with Crippen LogP contribution in [-0.2, 0) is 4.74 Å². The van der Waals surface area contributed by atoms with Crippen molar-refractivity contribution >= 4 is 21.9 Å². The van der Waals surface area contributed by atoms with Crippen LogP contribution in [0.5, 0.6) is 0 Å². The fourth-order valence-corrected chi connectivity index (χ4v) is 2.10. The Labute approximate surface area is 120 Å². The summed E-state index contributed by atoms with van der Waals surface area (Å²) in [5.41, 5.74) is 1.96. The maximum atomic E-state index is 11.9. The quantitative estimate of drug-likeness (QED) is 0.876. The first-order valence-corrected chi connectivity index (χ1v) is 6.80. The molecule has 0 radical (unpaired) electrons. The van der Waals surface area contributed by atoms with E-state index >= 15 is 0 Å². The summed E-state index contributed by atoms with van der Waals surface area (Å²) in [4.78, 5) is 19.3. The van der Waals surface area contributed by atoms with E-state index in [1.54, 1.807) is 0 Å². The largest absolute Gasteiger partial charge is 0.458 e. The van der Waals surface area contributed by atoms with Gasteiger partial charge in [0.1, 0.15) is 5.82 Å². The predicted molar refractivity (Wildman–Crippen MR) is 77.0 cm³/mol. The minimum Gasteiger partial charge on any atom is -0.458 e. The molecule has 19 heavy (non-hydrogen) atoms. The van der Waals surface area contributed by atoms with Crippen LogP contribution in [-0.4, -0.2) is 22.0 Å². The summed E-state index contributed by atoms with van der Waals surface area (Å²) >= 11 is 3.41. The molecule has 1 aromatic heterocycles. The number of halogens is 1. The van der Waals surface area contributed by atoms with E-state index in [1.165, 1.54) is 0 Å². The minimum atomic E-state index is -0.398. The number of nitrogens with one attached hydrogen (secondary N) is 1. The van der Waals surface area contributed by atoms with Crippen LogP contribution < -0.4 is 0 Å². The third-order valence-electron chi connectivity index (χ3n) is 2.52. The number of imidazole rings is 1. The van der Waals surface area contributed by atoms with Gasteiger partial charge < -0.3 is 9.72 Å². The minimum absolute atomic E-state index is 0.155. The van der Waals surface area contributed by atoms with Crippen molar-refractivity contribution in [3.05, 3.63) is 40.1 Å². The summed E-state index contributed by atoms with van der Waals surface area (Å²) in [5, 5.41) is 0. The molecule has 0 saturated heterocycles. The van der Waals surface area contributed by atoms with E-state index in [9.17, 15) is 4.79 Å². The van der Waals surface area contributed by atoms with Gasteiger partial charge in [0.05, 0.1) is 6.10 Å². The SMILES string of the molecule is Cc1[nH]c(-c2cccc(Br)c2)nc1C(=O)OC(C)C. The number of H-pyrrole nitrogens is 1. The second-order valence-electron chi connectivity index (χ2n) is 4.52. The number of aromatic nitrogens is 2. The molecule has 2 aromatic rings. The molecule has 1 aromatic carbocycles. The van der Waals surface area contributed by atoms with Gasteiger partial charge in [0.2, 0.25) is 0 Å². The molecule has 100 valence electrons. The average Bonchev–Trinajstić information content (AvgIpc) is 2.70. The van der Waals surface area contributed by atoms with E-state index in [1.807, 2.05) is 45.0 Å². The van der Waals surface area contributed by atoms with Crippen molar-refractivity contribution in [2.75, 3.05) is 0 Å². The highest BCUT2D eigenvalue weighted by molar-refractivity contribution is 9.10. The molecule has 1 heterocycles. The van der Waals surface area contributed by atoms with Crippen molar-refractivity contribution in [3.8, 4) is 11.4 Å². The van der Waals surface area contributed by atoms with Crippen LogP contribution >= 0.6 is 15.9 Å². The Morgan fingerprint density at radius 1 is 1.42 bits per heavy atom. The predicted octanol–water partition coefficient (Wildman–Crippen LogP) is 3.71. The third kappa shape index (κ3) is 3.23. The van der Waals surface area contributed by atoms with Crippen LogP contribution in [0, 0.1) is 6.92 Å². The number of aryl methyl sites for hydroxylation is 1. The summed E-state index contributed by atoms with van der Waals surface area (Å²) in [7, 11) is 0. The van der Waals surface area contributed by atoms with Crippen molar-refractivity contribution in [3.63, 3.8) is 0 Å². The highest BCUT2D eigenvalue weighted by atomic mass is 79.9. The zero-order valence-corrected chi connectivity index (χ0v) is 12.6. The summed E-state index contributed by atoms with van der Waals surface area (Å²) < 4.78 is 6.12. The first-order valence-electron chi connectivity index (χ1n) is 6.01. The Balaban J connectivity index is 2.33. The maximum absolute atomic E-state index is 11.9. The number of benzene rings is 1. The van der Waals surface area contributed by atoms with E-state index in [4.69, 9.17) is 4.74 Å². The van der Waals surface area contributed by atoms with E-state index < -0.39 is 5.97 Å². The van der Waals surface area contributed by atoms with Gasteiger partial charge in [-0.05, 0) is 32.9 Å². The van der Waals surface area contributed by atoms with Crippen molar-refractivity contribution in [2.24, 2.45) is 0 Å². The summed E-state index contributed by atoms with van der Waals surface area (Å²) in [6, 6.07) is 7.73. The van der Waals surface area contributed by atoms with Gasteiger partial charge in [-0.1, -0.05) is 28.1 Å². The highest BCUT2D eigenvalue weighted by Crippen LogP contribution is 2.22. The summed E-state index contributed by atoms with van der Waals surface area (Å²) in [6.45, 7) is 5.44. The first-order chi connectivity index (χ1) is 8.97. The Bertz CT molecular complexity index is 605. The smallest absolute Gasteiger partial charge is 0.359 e. The van der Waals surface area contributed by atoms with Crippen LogP contribution in [0.15, 0.2) is 28.7 Å². The van der Waals surface area contributed by atoms with Crippen LogP contribution in [0.1, 0.15) is 30.0 Å². The Morgan fingerprint density at radius 2 is 2.16 bits per heavy atom. The number of hydrogen-bond acceptors (Lipinski definition) is 3. The normalized spacial score (nSPS) is 10.8. The van der Waals surface area contributed by atoms with Crippen molar-refractivity contribution in [1.82, 2.24) is 9.97 Å². The van der Waals surface area contributed by atoms with Gasteiger partial charge in [-0.2, -0.15) is 0 Å². The third-order valence-corrected chi connectivity index (χ3v) is 3.01. The van der Waals surface area contributed by atoms with Gasteiger partial charge in [0.25, 0.3) is 0 Å². The molecule has 0 aliphatic heterocycles. The number of rotatable bonds is 3. The van der Waals surface area contributed by atoms with Crippen LogP contribution in [0.4, 0.5) is 0 Å². The monoisotopic (exact) mass is 322 g/mol. The first kappa shape index (κ1) is 13.8. The number of esters is 1. The number of carbonyl (C=O) groups is 1. The lowest BCUT2D eigenvalue weighted by atomic mass is 10.2. The number of aromatic amines is 1. The van der Waals surface area contributed by atoms with Crippen molar-refractivity contribution in [2.45, 2.75) is 26.9 Å². The fourth-order valence-electron chi connectivity index (χ4n) is 1.70. The number of ether oxygens (including phenoxy) is 1. The molecular formula is C14H15BrN2O2. The van der Waals surface area contributed by atoms with Gasteiger partial charge in [0, 0.05) is 15.7 Å². The van der Waals surface area contributed by atoms with Crippen molar-refractivity contribution in [1.29, 1.82) is 0 Å². The maximum Gasteiger partial charge on any atom is 0.359 e. The molecule has 2 rings (SSSR count). The lowest BCUT2D eigenvalue weighted by molar-refractivity contribution is 0.0370. The molecule has 0 amide bonds. The molecule has 1 N–H and O–H groups in total. The molecule has 0 spiro atoms. The van der Waals surface area contributed by atoms with Gasteiger partial charge in [-0.15, -0.1) is 0 Å². The summed E-state index contributed by atoms with van der Waals surface area (Å²) in [6.07, 6.45) is -0.155. The Hall–Kier alpha value is -1.62. The standard InChI is InChI=1S/C14H15BrN2O2/c1-8(2)19-14(18)12-9(3)16-13(17-12)10-5-4-6-11(15)7-10/h4-8H,1-3H3,(H,16,17). The molecule has 5 heteroatoms. The molecule has 4 nitrogen and oxygen atoms in total. The van der Waals surface area contributed by atoms with E-state index in [0.29, 0.717) is 17.2 Å². The number of nitrogens with zero attached hydrogens (tertiary/aromatic N) is 1. The molecule has 0 bridgehead atoms. The van der Waals surface area contributed by atoms with E-state index in [-0.39, 0.29) is 6.10 Å². The van der Waals surface area contributed by atoms with Gasteiger partial charge >= 0.3 is 5.97 Å². The van der Waals surface area contributed by atoms with Gasteiger partial charge in [-0.3, -0.25) is 0 Å². The van der Waals surface area contributed by atoms with Crippen LogP contribution in [0.2, 0.25) is 0 Å². The fraction of sp³-hybridized carbons (Fsp3) is 0.286. The molecule has 0 aliphatic carbocycles. The van der Waals surface area contributed by atoms with Gasteiger partial charge in [-0.25, -0.2) is 9.78 Å². The lowest BCUT2D eigenvalue weighted by Crippen LogP contribution is -2.13. The average molecular weight is 323 g/mol. The molecule has 0 fully saturated rings. The topological polar surface area (TPSA) is 55.0 Å². The van der Waals surface area contributed by atoms with Gasteiger partial charge in [0.15, 0.2) is 5.69 Å². The molecule has 0 saturated carbocycles. The molecule has 0 atom stereocenters. The van der Waals surface area contributed by atoms with Crippen LogP contribution in [0.3, 0.4) is 0 Å². The zero-order chi connectivity index (χ0) is 14.0. The summed E-state index contributed by atoms with van der Waals surface area (Å²) in [5.74, 6) is 0.263. The van der Waals surface area contributed by atoms with E-state index in [0.717, 1.165) is 10.0 Å². The Morgan fingerprint density at radius 3 is 2.79 bits per heavy atom. The van der Waals surface area contributed by atoms with Crippen LogP contribution in [0.25, 0.3) is 11.4 Å².